The Morgan fingerprint density at radius 3 is 2.64 bits per heavy atom. The molecule has 180 valence electrons. The van der Waals surface area contributed by atoms with Crippen LogP contribution < -0.4 is 16.0 Å². The number of guanidine groups is 2. The van der Waals surface area contributed by atoms with Crippen molar-refractivity contribution in [2.24, 2.45) is 5.92 Å². The van der Waals surface area contributed by atoms with Gasteiger partial charge in [-0.2, -0.15) is 0 Å². The summed E-state index contributed by atoms with van der Waals surface area (Å²) in [5.41, 5.74) is -1.32. The van der Waals surface area contributed by atoms with E-state index in [1.165, 1.54) is 0 Å². The Balaban J connectivity index is 1.37. The van der Waals surface area contributed by atoms with Gasteiger partial charge >= 0.3 is 6.09 Å². The molecule has 3 amide bonds. The molecule has 5 fully saturated rings. The van der Waals surface area contributed by atoms with Crippen molar-refractivity contribution in [3.8, 4) is 0 Å². The second-order valence-corrected chi connectivity index (χ2v) is 9.62. The zero-order valence-corrected chi connectivity index (χ0v) is 18.5. The lowest BCUT2D eigenvalue weighted by atomic mass is 9.87. The van der Waals surface area contributed by atoms with Gasteiger partial charge in [0.25, 0.3) is 0 Å². The van der Waals surface area contributed by atoms with E-state index in [0.29, 0.717) is 19.0 Å². The predicted molar refractivity (Wildman–Crippen MR) is 114 cm³/mol. The van der Waals surface area contributed by atoms with Crippen molar-refractivity contribution in [2.45, 2.75) is 62.6 Å². The zero-order valence-electron chi connectivity index (χ0n) is 18.5. The molecule has 4 unspecified atom stereocenters. The fourth-order valence-electron chi connectivity index (χ4n) is 5.80. The Hall–Kier alpha value is -3.09. The molecule has 13 nitrogen and oxygen atoms in total. The van der Waals surface area contributed by atoms with Crippen molar-refractivity contribution >= 4 is 29.8 Å². The third kappa shape index (κ3) is 3.36. The molecule has 0 bridgehead atoms. The maximum atomic E-state index is 12.8. The Bertz CT molecular complexity index is 897. The molecule has 5 saturated heterocycles. The van der Waals surface area contributed by atoms with E-state index in [1.54, 1.807) is 9.80 Å². The summed E-state index contributed by atoms with van der Waals surface area (Å²) in [7, 11) is 0. The van der Waals surface area contributed by atoms with Gasteiger partial charge in [-0.15, -0.1) is 0 Å². The summed E-state index contributed by atoms with van der Waals surface area (Å²) < 4.78 is 5.71. The number of likely N-dealkylation sites (tertiary alicyclic amines) is 2. The zero-order chi connectivity index (χ0) is 23.5. The monoisotopic (exact) mass is 462 g/mol. The van der Waals surface area contributed by atoms with E-state index in [9.17, 15) is 19.5 Å². The highest BCUT2D eigenvalue weighted by molar-refractivity contribution is 6.02. The number of piperidine rings is 1. The topological polar surface area (TPSA) is 174 Å². The van der Waals surface area contributed by atoms with Crippen molar-refractivity contribution in [1.29, 1.82) is 10.8 Å². The summed E-state index contributed by atoms with van der Waals surface area (Å²) >= 11 is 0. The predicted octanol–water partition coefficient (Wildman–Crippen LogP) is -1.85. The second kappa shape index (κ2) is 7.75. The molecule has 1 spiro atoms. The summed E-state index contributed by atoms with van der Waals surface area (Å²) in [6, 6.07) is -1.28. The van der Waals surface area contributed by atoms with Crippen LogP contribution in [0.2, 0.25) is 0 Å². The number of hydrogen-bond donors (Lipinski definition) is 6. The molecular formula is C20H30N8O5. The maximum absolute atomic E-state index is 12.8. The summed E-state index contributed by atoms with van der Waals surface area (Å²) in [6.45, 7) is 3.35. The minimum absolute atomic E-state index is 0.00506. The Morgan fingerprint density at radius 1 is 1.21 bits per heavy atom. The Kier molecular flexibility index (Phi) is 5.10. The molecule has 33 heavy (non-hydrogen) atoms. The largest absolute Gasteiger partial charge is 0.441 e. The third-order valence-corrected chi connectivity index (χ3v) is 7.41. The number of aliphatic hydroxyl groups is 1. The number of amides is 3. The van der Waals surface area contributed by atoms with Crippen molar-refractivity contribution in [2.75, 3.05) is 26.2 Å². The van der Waals surface area contributed by atoms with E-state index in [4.69, 9.17) is 15.6 Å². The van der Waals surface area contributed by atoms with Gasteiger partial charge in [0.15, 0.2) is 23.7 Å². The lowest BCUT2D eigenvalue weighted by Crippen LogP contribution is -2.78. The maximum Gasteiger partial charge on any atom is 0.410 e. The molecule has 5 aliphatic rings. The standard InChI is InChI=1S/C20H30N8O5/c1-10-3-2-6-26(7-10)19(32)33-12-9-28-18(22)23-11(8-27-13(29)4-5-14(27)30)15-20(28,16(12)31)25-17(21)24-15/h10-12,15-16,31H,2-9H2,1H3,(H2,22,23)(H3,21,24,25)/t10?,11-,12-,15?,16?,20?/m0/s1. The summed E-state index contributed by atoms with van der Waals surface area (Å²) in [5, 5.41) is 37.0. The number of aliphatic hydroxyl groups excluding tert-OH is 1. The number of nitrogens with one attached hydrogen (secondary N) is 5. The van der Waals surface area contributed by atoms with Gasteiger partial charge in [-0.25, -0.2) is 4.79 Å². The fraction of sp³-hybridized carbons (Fsp3) is 0.750. The fourth-order valence-corrected chi connectivity index (χ4v) is 5.80. The van der Waals surface area contributed by atoms with Crippen LogP contribution in [0, 0.1) is 16.7 Å². The molecule has 0 saturated carbocycles. The van der Waals surface area contributed by atoms with E-state index in [0.717, 1.165) is 17.7 Å². The first kappa shape index (κ1) is 21.7. The van der Waals surface area contributed by atoms with Gasteiger partial charge in [-0.1, -0.05) is 6.92 Å². The van der Waals surface area contributed by atoms with Crippen molar-refractivity contribution < 1.29 is 24.2 Å². The van der Waals surface area contributed by atoms with Gasteiger partial charge in [-0.05, 0) is 18.8 Å². The molecule has 0 aliphatic carbocycles. The highest BCUT2D eigenvalue weighted by Gasteiger charge is 2.67. The van der Waals surface area contributed by atoms with Crippen LogP contribution in [0.15, 0.2) is 0 Å². The minimum Gasteiger partial charge on any atom is -0.441 e. The van der Waals surface area contributed by atoms with E-state index in [-0.39, 0.29) is 49.7 Å². The Morgan fingerprint density at radius 2 is 1.94 bits per heavy atom. The molecule has 0 aromatic heterocycles. The lowest BCUT2D eigenvalue weighted by Gasteiger charge is -2.49. The number of carbonyl (C=O) groups excluding carboxylic acids is 3. The van der Waals surface area contributed by atoms with Gasteiger partial charge < -0.3 is 35.6 Å². The van der Waals surface area contributed by atoms with Crippen LogP contribution in [0.1, 0.15) is 32.6 Å². The van der Waals surface area contributed by atoms with Crippen LogP contribution in [0.3, 0.4) is 0 Å². The number of ether oxygens (including phenoxy) is 1. The van der Waals surface area contributed by atoms with Gasteiger partial charge in [0.05, 0.1) is 25.2 Å². The molecular weight excluding hydrogens is 432 g/mol. The number of carbonyl (C=O) groups is 3. The van der Waals surface area contributed by atoms with Gasteiger partial charge in [-0.3, -0.25) is 25.3 Å². The smallest absolute Gasteiger partial charge is 0.410 e. The molecule has 0 aromatic carbocycles. The van der Waals surface area contributed by atoms with E-state index >= 15 is 0 Å². The SMILES string of the molecule is CC1CCCN(C(=O)O[C@H]2CN3C(=N)N[C@@H](CN4C(=O)CCC4=O)C4NC(=N)NC43C2O)C1. The van der Waals surface area contributed by atoms with Gasteiger partial charge in [0.2, 0.25) is 11.8 Å². The molecule has 5 heterocycles. The first-order valence-corrected chi connectivity index (χ1v) is 11.4. The number of nitrogens with zero attached hydrogens (tertiary/aromatic N) is 3. The minimum atomic E-state index is -1.32. The van der Waals surface area contributed by atoms with Crippen LogP contribution in [-0.2, 0) is 14.3 Å². The molecule has 13 heteroatoms. The average molecular weight is 463 g/mol. The lowest BCUT2D eigenvalue weighted by molar-refractivity contribution is -0.139. The van der Waals surface area contributed by atoms with Gasteiger partial charge in [0.1, 0.15) is 6.10 Å². The molecule has 6 N–H and O–H groups in total. The van der Waals surface area contributed by atoms with E-state index < -0.39 is 36.0 Å². The van der Waals surface area contributed by atoms with E-state index in [1.807, 2.05) is 0 Å². The second-order valence-electron chi connectivity index (χ2n) is 9.62. The Labute approximate surface area is 190 Å². The van der Waals surface area contributed by atoms with E-state index in [2.05, 4.69) is 22.9 Å². The van der Waals surface area contributed by atoms with Crippen LogP contribution in [0.25, 0.3) is 0 Å². The highest BCUT2D eigenvalue weighted by atomic mass is 16.6. The van der Waals surface area contributed by atoms with Crippen LogP contribution in [0.4, 0.5) is 4.79 Å². The van der Waals surface area contributed by atoms with Crippen LogP contribution in [-0.4, -0.2) is 106 Å². The van der Waals surface area contributed by atoms with Crippen molar-refractivity contribution in [3.63, 3.8) is 0 Å². The van der Waals surface area contributed by atoms with Crippen molar-refractivity contribution in [1.82, 2.24) is 30.7 Å². The highest BCUT2D eigenvalue weighted by Crippen LogP contribution is 2.39. The summed E-state index contributed by atoms with van der Waals surface area (Å²) in [5.74, 6) is -0.268. The normalized spacial score (nSPS) is 38.0. The summed E-state index contributed by atoms with van der Waals surface area (Å²) in [4.78, 5) is 41.5. The number of rotatable bonds is 3. The van der Waals surface area contributed by atoms with Crippen molar-refractivity contribution in [3.05, 3.63) is 0 Å². The first-order chi connectivity index (χ1) is 15.7. The third-order valence-electron chi connectivity index (χ3n) is 7.41. The van der Waals surface area contributed by atoms with Crippen LogP contribution in [0.5, 0.6) is 0 Å². The summed E-state index contributed by atoms with van der Waals surface area (Å²) in [6.07, 6.45) is -0.409. The molecule has 5 rings (SSSR count). The molecule has 0 aromatic rings. The number of hydrogen-bond acceptors (Lipinski definition) is 7. The molecule has 6 atom stereocenters. The first-order valence-electron chi connectivity index (χ1n) is 11.4. The van der Waals surface area contributed by atoms with Crippen LogP contribution >= 0.6 is 0 Å². The molecule has 5 aliphatic heterocycles. The number of imide groups is 1. The quantitative estimate of drug-likeness (QED) is 0.263. The average Bonchev–Trinajstić information content (AvgIpc) is 3.38. The molecule has 0 radical (unpaired) electrons. The van der Waals surface area contributed by atoms with Gasteiger partial charge in [0, 0.05) is 25.9 Å².